The summed E-state index contributed by atoms with van der Waals surface area (Å²) in [5, 5.41) is 1.36. The van der Waals surface area contributed by atoms with Crippen LogP contribution in [0, 0.1) is 0 Å². The van der Waals surface area contributed by atoms with Crippen LogP contribution in [0.25, 0.3) is 10.9 Å². The van der Waals surface area contributed by atoms with Gasteiger partial charge in [0.25, 0.3) is 0 Å². The Morgan fingerprint density at radius 2 is 1.95 bits per heavy atom. The van der Waals surface area contributed by atoms with Crippen molar-refractivity contribution in [1.29, 1.82) is 0 Å². The van der Waals surface area contributed by atoms with Gasteiger partial charge in [-0.2, -0.15) is 0 Å². The minimum Gasteiger partial charge on any atom is -0.361 e. The molecule has 1 heterocycles. The molecule has 1 aliphatic rings. The van der Waals surface area contributed by atoms with Gasteiger partial charge in [-0.25, -0.2) is 0 Å². The Balaban J connectivity index is 1.82. The molecule has 1 aromatic heterocycles. The molecule has 0 aliphatic heterocycles. The minimum absolute atomic E-state index is 0.745. The summed E-state index contributed by atoms with van der Waals surface area (Å²) >= 11 is 0. The summed E-state index contributed by atoms with van der Waals surface area (Å²) in [6.45, 7) is 7.08. The summed E-state index contributed by atoms with van der Waals surface area (Å²) < 4.78 is 0. The van der Waals surface area contributed by atoms with Crippen molar-refractivity contribution in [2.45, 2.75) is 52.0 Å². The lowest BCUT2D eigenvalue weighted by Crippen LogP contribution is -2.40. The van der Waals surface area contributed by atoms with Gasteiger partial charge < -0.3 is 9.88 Å². The van der Waals surface area contributed by atoms with E-state index in [9.17, 15) is 0 Å². The number of nitrogens with zero attached hydrogens (tertiary/aromatic N) is 1. The maximum Gasteiger partial charge on any atom is 0.0456 e. The Morgan fingerprint density at radius 1 is 1.15 bits per heavy atom. The van der Waals surface area contributed by atoms with E-state index in [-0.39, 0.29) is 0 Å². The standard InChI is InChI=1S/C18H26N2/c1-3-9-20(10-4-2)17-6-5-14-11-15-7-8-19-18(15)13-16(14)12-17/h7-8,11,13,17,19H,3-6,9-10,12H2,1-2H3/t17-/m0/s1. The molecule has 1 atom stereocenters. The highest BCUT2D eigenvalue weighted by atomic mass is 15.1. The zero-order valence-corrected chi connectivity index (χ0v) is 12.8. The first-order chi connectivity index (χ1) is 9.81. The van der Waals surface area contributed by atoms with Gasteiger partial charge in [-0.3, -0.25) is 0 Å². The van der Waals surface area contributed by atoms with E-state index in [2.05, 4.69) is 41.9 Å². The summed E-state index contributed by atoms with van der Waals surface area (Å²) in [5.41, 5.74) is 4.43. The SMILES string of the molecule is CCCN(CCC)[C@H]1CCc2cc3cc[nH]c3cc2C1. The van der Waals surface area contributed by atoms with Crippen molar-refractivity contribution in [2.24, 2.45) is 0 Å². The molecule has 0 saturated carbocycles. The number of hydrogen-bond donors (Lipinski definition) is 1. The fourth-order valence-corrected chi connectivity index (χ4v) is 3.66. The summed E-state index contributed by atoms with van der Waals surface area (Å²) in [6.07, 6.45) is 8.37. The van der Waals surface area contributed by atoms with Crippen molar-refractivity contribution in [3.8, 4) is 0 Å². The van der Waals surface area contributed by atoms with E-state index in [1.54, 1.807) is 11.1 Å². The van der Waals surface area contributed by atoms with Gasteiger partial charge in [0, 0.05) is 17.8 Å². The molecule has 0 unspecified atom stereocenters. The second-order valence-corrected chi connectivity index (χ2v) is 6.12. The van der Waals surface area contributed by atoms with Gasteiger partial charge in [0.05, 0.1) is 0 Å². The van der Waals surface area contributed by atoms with Gasteiger partial charge in [0.1, 0.15) is 0 Å². The predicted molar refractivity (Wildman–Crippen MR) is 86.3 cm³/mol. The molecule has 2 nitrogen and oxygen atoms in total. The average Bonchev–Trinajstić information content (AvgIpc) is 2.91. The van der Waals surface area contributed by atoms with Crippen LogP contribution in [-0.2, 0) is 12.8 Å². The molecule has 0 radical (unpaired) electrons. The van der Waals surface area contributed by atoms with Gasteiger partial charge in [-0.15, -0.1) is 0 Å². The molecule has 20 heavy (non-hydrogen) atoms. The van der Waals surface area contributed by atoms with Crippen LogP contribution in [0.15, 0.2) is 24.4 Å². The topological polar surface area (TPSA) is 19.0 Å². The lowest BCUT2D eigenvalue weighted by molar-refractivity contribution is 0.180. The predicted octanol–water partition coefficient (Wildman–Crippen LogP) is 4.15. The van der Waals surface area contributed by atoms with E-state index in [0.29, 0.717) is 0 Å². The highest BCUT2D eigenvalue weighted by molar-refractivity contribution is 5.81. The molecular formula is C18H26N2. The maximum atomic E-state index is 3.35. The molecule has 0 saturated heterocycles. The normalized spacial score (nSPS) is 18.6. The van der Waals surface area contributed by atoms with Crippen LogP contribution < -0.4 is 0 Å². The fourth-order valence-electron chi connectivity index (χ4n) is 3.66. The van der Waals surface area contributed by atoms with Gasteiger partial charge in [0.2, 0.25) is 0 Å². The molecule has 2 aromatic rings. The lowest BCUT2D eigenvalue weighted by Gasteiger charge is -2.35. The minimum atomic E-state index is 0.745. The molecule has 0 amide bonds. The highest BCUT2D eigenvalue weighted by Crippen LogP contribution is 2.28. The summed E-state index contributed by atoms with van der Waals surface area (Å²) in [7, 11) is 0. The molecule has 0 spiro atoms. The van der Waals surface area contributed by atoms with Crippen LogP contribution in [-0.4, -0.2) is 29.0 Å². The largest absolute Gasteiger partial charge is 0.361 e. The lowest BCUT2D eigenvalue weighted by atomic mass is 9.86. The highest BCUT2D eigenvalue weighted by Gasteiger charge is 2.23. The Labute approximate surface area is 122 Å². The number of aromatic nitrogens is 1. The third-order valence-corrected chi connectivity index (χ3v) is 4.61. The van der Waals surface area contributed by atoms with E-state index in [0.717, 1.165) is 6.04 Å². The number of hydrogen-bond acceptors (Lipinski definition) is 1. The third kappa shape index (κ3) is 2.62. The van der Waals surface area contributed by atoms with Gasteiger partial charge in [-0.1, -0.05) is 13.8 Å². The number of aryl methyl sites for hydroxylation is 1. The first kappa shape index (κ1) is 13.7. The second kappa shape index (κ2) is 6.01. The van der Waals surface area contributed by atoms with E-state index in [4.69, 9.17) is 0 Å². The van der Waals surface area contributed by atoms with E-state index >= 15 is 0 Å². The monoisotopic (exact) mass is 270 g/mol. The summed E-state index contributed by atoms with van der Waals surface area (Å²) in [6, 6.07) is 7.70. The Kier molecular flexibility index (Phi) is 4.11. The van der Waals surface area contributed by atoms with Crippen molar-refractivity contribution in [3.63, 3.8) is 0 Å². The van der Waals surface area contributed by atoms with E-state index in [1.165, 1.54) is 56.1 Å². The molecule has 108 valence electrons. The molecule has 2 heteroatoms. The molecule has 1 N–H and O–H groups in total. The molecular weight excluding hydrogens is 244 g/mol. The molecule has 1 aliphatic carbocycles. The summed E-state index contributed by atoms with van der Waals surface area (Å²) in [5.74, 6) is 0. The molecule has 3 rings (SSSR count). The van der Waals surface area contributed by atoms with Crippen LogP contribution in [0.5, 0.6) is 0 Å². The van der Waals surface area contributed by atoms with Crippen molar-refractivity contribution < 1.29 is 0 Å². The zero-order chi connectivity index (χ0) is 13.9. The zero-order valence-electron chi connectivity index (χ0n) is 12.8. The van der Waals surface area contributed by atoms with Gasteiger partial charge >= 0.3 is 0 Å². The van der Waals surface area contributed by atoms with Crippen molar-refractivity contribution >= 4 is 10.9 Å². The van der Waals surface area contributed by atoms with E-state index < -0.39 is 0 Å². The molecule has 1 aromatic carbocycles. The van der Waals surface area contributed by atoms with Crippen molar-refractivity contribution in [2.75, 3.05) is 13.1 Å². The molecule has 0 bridgehead atoms. The van der Waals surface area contributed by atoms with Crippen LogP contribution >= 0.6 is 0 Å². The molecule has 0 fully saturated rings. The van der Waals surface area contributed by atoms with Crippen molar-refractivity contribution in [1.82, 2.24) is 9.88 Å². The second-order valence-electron chi connectivity index (χ2n) is 6.12. The van der Waals surface area contributed by atoms with Crippen LogP contribution in [0.3, 0.4) is 0 Å². The fraction of sp³-hybridized carbons (Fsp3) is 0.556. The number of nitrogens with one attached hydrogen (secondary N) is 1. The first-order valence-electron chi connectivity index (χ1n) is 8.14. The number of rotatable bonds is 5. The third-order valence-electron chi connectivity index (χ3n) is 4.61. The Bertz CT molecular complexity index is 564. The van der Waals surface area contributed by atoms with Crippen LogP contribution in [0.1, 0.15) is 44.2 Å². The van der Waals surface area contributed by atoms with Crippen LogP contribution in [0.2, 0.25) is 0 Å². The first-order valence-corrected chi connectivity index (χ1v) is 8.14. The smallest absolute Gasteiger partial charge is 0.0456 e. The average molecular weight is 270 g/mol. The number of H-pyrrole nitrogens is 1. The summed E-state index contributed by atoms with van der Waals surface area (Å²) in [4.78, 5) is 6.06. The maximum absolute atomic E-state index is 3.35. The Morgan fingerprint density at radius 3 is 2.70 bits per heavy atom. The van der Waals surface area contributed by atoms with Crippen LogP contribution in [0.4, 0.5) is 0 Å². The quantitative estimate of drug-likeness (QED) is 0.865. The number of benzene rings is 1. The number of aromatic amines is 1. The van der Waals surface area contributed by atoms with Gasteiger partial charge in [-0.05, 0) is 79.9 Å². The van der Waals surface area contributed by atoms with Gasteiger partial charge in [0.15, 0.2) is 0 Å². The number of fused-ring (bicyclic) bond motifs is 2. The van der Waals surface area contributed by atoms with Crippen molar-refractivity contribution in [3.05, 3.63) is 35.5 Å². The van der Waals surface area contributed by atoms with E-state index in [1.807, 2.05) is 6.20 Å². The Hall–Kier alpha value is -1.28.